The fourth-order valence-electron chi connectivity index (χ4n) is 2.59. The average Bonchev–Trinajstić information content (AvgIpc) is 3.14. The van der Waals surface area contributed by atoms with Crippen molar-refractivity contribution in [2.45, 2.75) is 19.8 Å². The molecule has 0 fully saturated rings. The number of hydrogen-bond donors (Lipinski definition) is 2. The molecule has 5 nitrogen and oxygen atoms in total. The van der Waals surface area contributed by atoms with E-state index in [0.29, 0.717) is 17.6 Å². The second-order valence-corrected chi connectivity index (χ2v) is 7.29. The number of carbonyl (C=O) groups is 2. The van der Waals surface area contributed by atoms with Crippen molar-refractivity contribution in [2.75, 3.05) is 11.9 Å². The molecule has 0 unspecified atom stereocenters. The van der Waals surface area contributed by atoms with E-state index in [9.17, 15) is 18.4 Å². The molecule has 3 aromatic rings. The number of carbonyl (C=O) groups excluding carboxylic acids is 2. The fraction of sp³-hybridized carbons (Fsp3) is 0.190. The first-order valence-corrected chi connectivity index (χ1v) is 9.86. The second-order valence-electron chi connectivity index (χ2n) is 6.44. The lowest BCUT2D eigenvalue weighted by molar-refractivity contribution is -0.116. The minimum atomic E-state index is -0.923. The number of aryl methyl sites for hydroxylation is 1. The van der Waals surface area contributed by atoms with Gasteiger partial charge in [0.15, 0.2) is 5.13 Å². The minimum Gasteiger partial charge on any atom is -0.352 e. The van der Waals surface area contributed by atoms with Gasteiger partial charge in [-0.15, -0.1) is 11.3 Å². The van der Waals surface area contributed by atoms with Crippen molar-refractivity contribution in [1.82, 2.24) is 10.3 Å². The maximum atomic E-state index is 13.6. The van der Waals surface area contributed by atoms with E-state index in [4.69, 9.17) is 0 Å². The molecule has 2 aromatic carbocycles. The van der Waals surface area contributed by atoms with Crippen LogP contribution in [0.4, 0.5) is 13.9 Å². The molecule has 1 aromatic heterocycles. The number of thiazole rings is 1. The highest BCUT2D eigenvalue weighted by atomic mass is 32.1. The van der Waals surface area contributed by atoms with Gasteiger partial charge in [-0.1, -0.05) is 29.8 Å². The first kappa shape index (κ1) is 20.6. The number of hydrogen-bond acceptors (Lipinski definition) is 4. The third-order valence-corrected chi connectivity index (χ3v) is 4.90. The Balaban J connectivity index is 1.43. The van der Waals surface area contributed by atoms with Crippen LogP contribution in [0.25, 0.3) is 11.3 Å². The Morgan fingerprint density at radius 3 is 2.59 bits per heavy atom. The summed E-state index contributed by atoms with van der Waals surface area (Å²) >= 11 is 1.34. The summed E-state index contributed by atoms with van der Waals surface area (Å²) in [5.74, 6) is -2.54. The van der Waals surface area contributed by atoms with Crippen molar-refractivity contribution in [3.05, 3.63) is 70.6 Å². The maximum absolute atomic E-state index is 13.6. The molecule has 0 atom stereocenters. The Morgan fingerprint density at radius 2 is 1.86 bits per heavy atom. The van der Waals surface area contributed by atoms with Gasteiger partial charge in [-0.25, -0.2) is 13.8 Å². The highest BCUT2D eigenvalue weighted by Crippen LogP contribution is 2.25. The standard InChI is InChI=1S/C21H19F2N3O2S/c1-13-4-6-14(7-5-13)18-12-29-21(25-18)26-19(27)3-2-10-24-20(28)16-9-8-15(22)11-17(16)23/h4-9,11-12H,2-3,10H2,1H3,(H,24,28)(H,25,26,27). The highest BCUT2D eigenvalue weighted by molar-refractivity contribution is 7.14. The van der Waals surface area contributed by atoms with Gasteiger partial charge in [-0.05, 0) is 25.5 Å². The highest BCUT2D eigenvalue weighted by Gasteiger charge is 2.12. The van der Waals surface area contributed by atoms with Gasteiger partial charge in [-0.2, -0.15) is 0 Å². The van der Waals surface area contributed by atoms with Crippen molar-refractivity contribution < 1.29 is 18.4 Å². The Labute approximate surface area is 170 Å². The summed E-state index contributed by atoms with van der Waals surface area (Å²) < 4.78 is 26.4. The number of benzene rings is 2. The Bertz CT molecular complexity index is 1020. The molecule has 2 N–H and O–H groups in total. The van der Waals surface area contributed by atoms with Gasteiger partial charge in [-0.3, -0.25) is 9.59 Å². The molecule has 150 valence electrons. The summed E-state index contributed by atoms with van der Waals surface area (Å²) in [4.78, 5) is 28.3. The molecular weight excluding hydrogens is 396 g/mol. The van der Waals surface area contributed by atoms with Gasteiger partial charge in [0.2, 0.25) is 5.91 Å². The zero-order valence-corrected chi connectivity index (χ0v) is 16.5. The van der Waals surface area contributed by atoms with E-state index < -0.39 is 17.5 Å². The zero-order valence-electron chi connectivity index (χ0n) is 15.7. The number of halogens is 2. The molecule has 0 aliphatic rings. The molecule has 0 spiro atoms. The number of amides is 2. The molecule has 0 bridgehead atoms. The summed E-state index contributed by atoms with van der Waals surface area (Å²) in [5, 5.41) is 7.62. The molecule has 0 aliphatic carbocycles. The van der Waals surface area contributed by atoms with Gasteiger partial charge < -0.3 is 10.6 Å². The minimum absolute atomic E-state index is 0.172. The molecule has 0 saturated heterocycles. The molecule has 2 amide bonds. The fourth-order valence-corrected chi connectivity index (χ4v) is 3.33. The van der Waals surface area contributed by atoms with Gasteiger partial charge in [0.25, 0.3) is 5.91 Å². The second kappa shape index (κ2) is 9.38. The first-order chi connectivity index (χ1) is 13.9. The van der Waals surface area contributed by atoms with Crippen LogP contribution in [0.1, 0.15) is 28.8 Å². The van der Waals surface area contributed by atoms with Gasteiger partial charge in [0, 0.05) is 30.0 Å². The molecule has 0 radical (unpaired) electrons. The number of aromatic nitrogens is 1. The molecule has 29 heavy (non-hydrogen) atoms. The van der Waals surface area contributed by atoms with Crippen LogP contribution in [0.5, 0.6) is 0 Å². The summed E-state index contributed by atoms with van der Waals surface area (Å²) in [5.41, 5.74) is 2.69. The van der Waals surface area contributed by atoms with Gasteiger partial charge >= 0.3 is 0 Å². The number of anilines is 1. The predicted octanol–water partition coefficient (Wildman–Crippen LogP) is 4.55. The third kappa shape index (κ3) is 5.68. The van der Waals surface area contributed by atoms with Crippen LogP contribution in [0.2, 0.25) is 0 Å². The first-order valence-electron chi connectivity index (χ1n) is 8.98. The number of nitrogens with zero attached hydrogens (tertiary/aromatic N) is 1. The van der Waals surface area contributed by atoms with Crippen LogP contribution >= 0.6 is 11.3 Å². The van der Waals surface area contributed by atoms with E-state index in [1.165, 1.54) is 11.3 Å². The lowest BCUT2D eigenvalue weighted by Crippen LogP contribution is -2.26. The van der Waals surface area contributed by atoms with Crippen molar-refractivity contribution in [3.8, 4) is 11.3 Å². The molecule has 0 saturated carbocycles. The lowest BCUT2D eigenvalue weighted by Gasteiger charge is -2.06. The topological polar surface area (TPSA) is 71.1 Å². The Hall–Kier alpha value is -3.13. The van der Waals surface area contributed by atoms with E-state index in [0.717, 1.165) is 29.0 Å². The lowest BCUT2D eigenvalue weighted by atomic mass is 10.1. The monoisotopic (exact) mass is 415 g/mol. The normalized spacial score (nSPS) is 10.6. The average molecular weight is 415 g/mol. The van der Waals surface area contributed by atoms with Crippen LogP contribution in [0, 0.1) is 18.6 Å². The smallest absolute Gasteiger partial charge is 0.254 e. The van der Waals surface area contributed by atoms with E-state index >= 15 is 0 Å². The van der Waals surface area contributed by atoms with E-state index in [1.54, 1.807) is 0 Å². The van der Waals surface area contributed by atoms with Crippen molar-refractivity contribution in [1.29, 1.82) is 0 Å². The largest absolute Gasteiger partial charge is 0.352 e. The number of nitrogens with one attached hydrogen (secondary N) is 2. The molecule has 8 heteroatoms. The Kier molecular flexibility index (Phi) is 6.66. The van der Waals surface area contributed by atoms with Gasteiger partial charge in [0.1, 0.15) is 11.6 Å². The van der Waals surface area contributed by atoms with E-state index in [2.05, 4.69) is 15.6 Å². The molecule has 1 heterocycles. The van der Waals surface area contributed by atoms with Gasteiger partial charge in [0.05, 0.1) is 11.3 Å². The van der Waals surface area contributed by atoms with Crippen LogP contribution in [-0.2, 0) is 4.79 Å². The van der Waals surface area contributed by atoms with E-state index in [1.807, 2.05) is 36.6 Å². The summed E-state index contributed by atoms with van der Waals surface area (Å²) in [6.07, 6.45) is 0.544. The van der Waals surface area contributed by atoms with Crippen LogP contribution in [0.3, 0.4) is 0 Å². The maximum Gasteiger partial charge on any atom is 0.254 e. The summed E-state index contributed by atoms with van der Waals surface area (Å²) in [7, 11) is 0. The third-order valence-electron chi connectivity index (χ3n) is 4.14. The quantitative estimate of drug-likeness (QED) is 0.557. The van der Waals surface area contributed by atoms with E-state index in [-0.39, 0.29) is 24.4 Å². The summed E-state index contributed by atoms with van der Waals surface area (Å²) in [6.45, 7) is 2.20. The van der Waals surface area contributed by atoms with Crippen molar-refractivity contribution in [3.63, 3.8) is 0 Å². The Morgan fingerprint density at radius 1 is 1.10 bits per heavy atom. The molecular formula is C21H19F2N3O2S. The van der Waals surface area contributed by atoms with Crippen molar-refractivity contribution >= 4 is 28.3 Å². The number of rotatable bonds is 7. The summed E-state index contributed by atoms with van der Waals surface area (Å²) in [6, 6.07) is 10.7. The van der Waals surface area contributed by atoms with Crippen LogP contribution < -0.4 is 10.6 Å². The van der Waals surface area contributed by atoms with Crippen LogP contribution in [-0.4, -0.2) is 23.3 Å². The predicted molar refractivity (Wildman–Crippen MR) is 109 cm³/mol. The van der Waals surface area contributed by atoms with Crippen LogP contribution in [0.15, 0.2) is 47.8 Å². The SMILES string of the molecule is Cc1ccc(-c2csc(NC(=O)CCCNC(=O)c3ccc(F)cc3F)n2)cc1. The zero-order chi connectivity index (χ0) is 20.8. The van der Waals surface area contributed by atoms with Crippen molar-refractivity contribution in [2.24, 2.45) is 0 Å². The molecule has 3 rings (SSSR count). The molecule has 0 aliphatic heterocycles.